The van der Waals surface area contributed by atoms with Crippen molar-refractivity contribution in [2.75, 3.05) is 5.32 Å². The molecule has 0 aliphatic carbocycles. The van der Waals surface area contributed by atoms with Gasteiger partial charge >= 0.3 is 5.97 Å². The molecule has 3 N–H and O–H groups in total. The second kappa shape index (κ2) is 9.25. The zero-order valence-electron chi connectivity index (χ0n) is 16.9. The van der Waals surface area contributed by atoms with E-state index in [0.29, 0.717) is 11.3 Å². The summed E-state index contributed by atoms with van der Waals surface area (Å²) in [5, 5.41) is 13.9. The van der Waals surface area contributed by atoms with Crippen molar-refractivity contribution in [3.8, 4) is 0 Å². The molecule has 0 radical (unpaired) electrons. The molecule has 1 heterocycles. The molecule has 3 aromatic carbocycles. The largest absolute Gasteiger partial charge is 0.481 e. The van der Waals surface area contributed by atoms with E-state index in [1.807, 2.05) is 6.07 Å². The fourth-order valence-electron chi connectivity index (χ4n) is 3.31. The third-order valence-electron chi connectivity index (χ3n) is 4.77. The lowest BCUT2D eigenvalue weighted by molar-refractivity contribution is -0.136. The Hall–Kier alpha value is -3.98. The first kappa shape index (κ1) is 22.2. The molecule has 33 heavy (non-hydrogen) atoms. The Morgan fingerprint density at radius 2 is 1.67 bits per heavy atom. The van der Waals surface area contributed by atoms with Crippen molar-refractivity contribution in [2.45, 2.75) is 16.2 Å². The number of carboxylic acid groups (broad SMARTS) is 1. The van der Waals surface area contributed by atoms with E-state index in [4.69, 9.17) is 5.11 Å². The third-order valence-corrected chi connectivity index (χ3v) is 5.76. The smallest absolute Gasteiger partial charge is 0.307 e. The van der Waals surface area contributed by atoms with Gasteiger partial charge in [0.1, 0.15) is 5.70 Å². The van der Waals surface area contributed by atoms with Gasteiger partial charge in [-0.15, -0.1) is 0 Å². The molecule has 0 unspecified atom stereocenters. The molecule has 1 aliphatic heterocycles. The van der Waals surface area contributed by atoms with Crippen LogP contribution in [-0.2, 0) is 20.8 Å². The Balaban J connectivity index is 1.56. The number of amides is 2. The van der Waals surface area contributed by atoms with Crippen molar-refractivity contribution in [1.29, 1.82) is 0 Å². The van der Waals surface area contributed by atoms with E-state index < -0.39 is 29.4 Å². The number of halogens is 2. The number of imide groups is 1. The van der Waals surface area contributed by atoms with E-state index in [9.17, 15) is 23.2 Å². The number of aliphatic carboxylic acids is 1. The third kappa shape index (κ3) is 4.93. The molecule has 0 spiro atoms. The summed E-state index contributed by atoms with van der Waals surface area (Å²) in [4.78, 5) is 37.1. The number of hydrogen-bond donors (Lipinski definition) is 3. The zero-order chi connectivity index (χ0) is 23.5. The number of hydrogen-bond acceptors (Lipinski definition) is 5. The minimum Gasteiger partial charge on any atom is -0.481 e. The molecule has 1 aliphatic rings. The number of anilines is 1. The van der Waals surface area contributed by atoms with Crippen LogP contribution in [0.5, 0.6) is 0 Å². The van der Waals surface area contributed by atoms with Crippen molar-refractivity contribution in [2.24, 2.45) is 0 Å². The maximum Gasteiger partial charge on any atom is 0.307 e. The summed E-state index contributed by atoms with van der Waals surface area (Å²) in [5.41, 5.74) is 0.395. The highest BCUT2D eigenvalue weighted by atomic mass is 32.2. The predicted molar refractivity (Wildman–Crippen MR) is 118 cm³/mol. The van der Waals surface area contributed by atoms with Crippen molar-refractivity contribution in [3.05, 3.63) is 95.2 Å². The molecule has 0 atom stereocenters. The van der Waals surface area contributed by atoms with Crippen LogP contribution in [0.25, 0.3) is 5.57 Å². The summed E-state index contributed by atoms with van der Waals surface area (Å²) in [6.07, 6.45) is -0.0681. The van der Waals surface area contributed by atoms with E-state index in [1.165, 1.54) is 23.9 Å². The summed E-state index contributed by atoms with van der Waals surface area (Å²) in [6, 6.07) is 17.5. The summed E-state index contributed by atoms with van der Waals surface area (Å²) in [6.45, 7) is 0. The first-order valence-electron chi connectivity index (χ1n) is 9.72. The number of nitrogens with one attached hydrogen (secondary N) is 2. The number of carbonyl (C=O) groups excluding carboxylic acids is 2. The lowest BCUT2D eigenvalue weighted by Crippen LogP contribution is -2.24. The SMILES string of the molecule is O=C(O)Cc1cccc(Sc2ccc(NC3=C(c4cccc(F)c4F)C(=O)NC3=O)cc2)c1. The van der Waals surface area contributed by atoms with Gasteiger partial charge in [-0.2, -0.15) is 0 Å². The molecule has 0 aromatic heterocycles. The van der Waals surface area contributed by atoms with Gasteiger partial charge < -0.3 is 10.4 Å². The Labute approximate surface area is 191 Å². The lowest BCUT2D eigenvalue weighted by atomic mass is 10.0. The van der Waals surface area contributed by atoms with Gasteiger partial charge in [-0.05, 0) is 48.0 Å². The van der Waals surface area contributed by atoms with Crippen LogP contribution in [0, 0.1) is 11.6 Å². The van der Waals surface area contributed by atoms with Crippen molar-refractivity contribution >= 4 is 40.8 Å². The zero-order valence-corrected chi connectivity index (χ0v) is 17.7. The van der Waals surface area contributed by atoms with Gasteiger partial charge in [0.25, 0.3) is 11.8 Å². The standard InChI is InChI=1S/C24H16F2N2O4S/c25-18-6-2-5-17(21(18)26)20-22(24(32)28-23(20)31)27-14-7-9-15(10-8-14)33-16-4-1-3-13(11-16)12-19(29)30/h1-11H,12H2,(H,29,30)(H2,27,28,31,32). The van der Waals surface area contributed by atoms with E-state index in [2.05, 4.69) is 10.6 Å². The fourth-order valence-corrected chi connectivity index (χ4v) is 4.21. The van der Waals surface area contributed by atoms with E-state index >= 15 is 0 Å². The molecule has 3 aromatic rings. The van der Waals surface area contributed by atoms with E-state index in [0.717, 1.165) is 15.9 Å². The summed E-state index contributed by atoms with van der Waals surface area (Å²) < 4.78 is 27.9. The first-order valence-corrected chi connectivity index (χ1v) is 10.5. The van der Waals surface area contributed by atoms with Crippen LogP contribution in [0.3, 0.4) is 0 Å². The van der Waals surface area contributed by atoms with E-state index in [1.54, 1.807) is 42.5 Å². The van der Waals surface area contributed by atoms with Gasteiger partial charge in [0.05, 0.1) is 12.0 Å². The Morgan fingerprint density at radius 1 is 0.939 bits per heavy atom. The minimum absolute atomic E-state index is 0.0681. The van der Waals surface area contributed by atoms with Crippen LogP contribution < -0.4 is 10.6 Å². The molecule has 0 saturated heterocycles. The lowest BCUT2D eigenvalue weighted by Gasteiger charge is -2.10. The molecule has 6 nitrogen and oxygen atoms in total. The first-order chi connectivity index (χ1) is 15.8. The monoisotopic (exact) mass is 466 g/mol. The summed E-state index contributed by atoms with van der Waals surface area (Å²) in [5.74, 6) is -4.81. The van der Waals surface area contributed by atoms with Crippen LogP contribution in [0.2, 0.25) is 0 Å². The molecule has 4 rings (SSSR count). The van der Waals surface area contributed by atoms with Gasteiger partial charge in [-0.25, -0.2) is 8.78 Å². The Bertz CT molecular complexity index is 1310. The van der Waals surface area contributed by atoms with Crippen molar-refractivity contribution < 1.29 is 28.3 Å². The predicted octanol–water partition coefficient (Wildman–Crippen LogP) is 4.22. The number of carboxylic acids is 1. The second-order valence-electron chi connectivity index (χ2n) is 7.10. The van der Waals surface area contributed by atoms with Gasteiger partial charge in [0.15, 0.2) is 11.6 Å². The van der Waals surface area contributed by atoms with Crippen LogP contribution in [0.15, 0.2) is 82.2 Å². The highest BCUT2D eigenvalue weighted by Crippen LogP contribution is 2.31. The molecule has 0 bridgehead atoms. The van der Waals surface area contributed by atoms with Crippen molar-refractivity contribution in [1.82, 2.24) is 5.32 Å². The van der Waals surface area contributed by atoms with Gasteiger partial charge in [-0.3, -0.25) is 19.7 Å². The highest BCUT2D eigenvalue weighted by Gasteiger charge is 2.33. The maximum atomic E-state index is 14.3. The quantitative estimate of drug-likeness (QED) is 0.452. The molecule has 9 heteroatoms. The topological polar surface area (TPSA) is 95.5 Å². The Kier molecular flexibility index (Phi) is 6.23. The van der Waals surface area contributed by atoms with Gasteiger partial charge in [0, 0.05) is 21.0 Å². The van der Waals surface area contributed by atoms with Crippen LogP contribution in [0.4, 0.5) is 14.5 Å². The number of carbonyl (C=O) groups is 3. The molecular weight excluding hydrogens is 450 g/mol. The molecule has 2 amide bonds. The maximum absolute atomic E-state index is 14.3. The van der Waals surface area contributed by atoms with Crippen LogP contribution >= 0.6 is 11.8 Å². The van der Waals surface area contributed by atoms with Gasteiger partial charge in [0.2, 0.25) is 0 Å². The summed E-state index contributed by atoms with van der Waals surface area (Å²) in [7, 11) is 0. The summed E-state index contributed by atoms with van der Waals surface area (Å²) >= 11 is 1.42. The minimum atomic E-state index is -1.21. The van der Waals surface area contributed by atoms with Crippen LogP contribution in [-0.4, -0.2) is 22.9 Å². The number of rotatable bonds is 7. The van der Waals surface area contributed by atoms with Crippen molar-refractivity contribution in [3.63, 3.8) is 0 Å². The van der Waals surface area contributed by atoms with Crippen LogP contribution in [0.1, 0.15) is 11.1 Å². The Morgan fingerprint density at radius 3 is 2.39 bits per heavy atom. The average Bonchev–Trinajstić information content (AvgIpc) is 3.04. The molecular formula is C24H16F2N2O4S. The fraction of sp³-hybridized carbons (Fsp3) is 0.0417. The average molecular weight is 466 g/mol. The second-order valence-corrected chi connectivity index (χ2v) is 8.25. The van der Waals surface area contributed by atoms with Gasteiger partial charge in [-0.1, -0.05) is 36.0 Å². The highest BCUT2D eigenvalue weighted by molar-refractivity contribution is 7.99. The molecule has 0 fully saturated rings. The molecule has 0 saturated carbocycles. The number of benzene rings is 3. The molecule has 166 valence electrons. The van der Waals surface area contributed by atoms with E-state index in [-0.39, 0.29) is 23.3 Å². The normalized spacial score (nSPS) is 13.3.